The smallest absolute Gasteiger partial charge is 0.252 e. The van der Waals surface area contributed by atoms with Crippen LogP contribution in [0.3, 0.4) is 0 Å². The Morgan fingerprint density at radius 3 is 2.76 bits per heavy atom. The zero-order valence-electron chi connectivity index (χ0n) is 13.8. The van der Waals surface area contributed by atoms with E-state index >= 15 is 0 Å². The van der Waals surface area contributed by atoms with E-state index in [0.29, 0.717) is 17.3 Å². The minimum Gasteiger partial charge on any atom is -0.312 e. The van der Waals surface area contributed by atoms with Gasteiger partial charge in [-0.3, -0.25) is 4.79 Å². The van der Waals surface area contributed by atoms with E-state index in [1.807, 2.05) is 23.1 Å². The Morgan fingerprint density at radius 2 is 1.96 bits per heavy atom. The number of amides is 1. The fourth-order valence-electron chi connectivity index (χ4n) is 3.69. The summed E-state index contributed by atoms with van der Waals surface area (Å²) in [6.07, 6.45) is 2.33. The largest absolute Gasteiger partial charge is 0.312 e. The summed E-state index contributed by atoms with van der Waals surface area (Å²) in [5, 5.41) is 1.76. The van der Waals surface area contributed by atoms with E-state index < -0.39 is 10.0 Å². The highest BCUT2D eigenvalue weighted by Gasteiger charge is 2.37. The number of thiophene rings is 1. The molecule has 0 N–H and O–H groups in total. The highest BCUT2D eigenvalue weighted by atomic mass is 32.2. The summed E-state index contributed by atoms with van der Waals surface area (Å²) in [6.45, 7) is 1.45. The van der Waals surface area contributed by atoms with Crippen molar-refractivity contribution in [2.75, 3.05) is 24.5 Å². The summed E-state index contributed by atoms with van der Waals surface area (Å²) < 4.78 is 27.3. The second-order valence-electron chi connectivity index (χ2n) is 6.50. The molecule has 2 aliphatic heterocycles. The van der Waals surface area contributed by atoms with Crippen LogP contribution in [0, 0.1) is 5.92 Å². The summed E-state index contributed by atoms with van der Waals surface area (Å²) in [6, 6.07) is 11.3. The van der Waals surface area contributed by atoms with E-state index in [9.17, 15) is 13.2 Å². The van der Waals surface area contributed by atoms with Crippen molar-refractivity contribution in [3.63, 3.8) is 0 Å². The molecular weight excluding hydrogens is 356 g/mol. The number of hydrogen-bond donors (Lipinski definition) is 0. The first-order valence-corrected chi connectivity index (χ1v) is 10.8. The van der Waals surface area contributed by atoms with Crippen molar-refractivity contribution < 1.29 is 13.2 Å². The molecule has 132 valence electrons. The number of hydrogen-bond acceptors (Lipinski definition) is 4. The molecule has 1 aromatic carbocycles. The lowest BCUT2D eigenvalue weighted by Crippen LogP contribution is -2.46. The Hall–Kier alpha value is -1.70. The third kappa shape index (κ3) is 3.01. The van der Waals surface area contributed by atoms with Crippen LogP contribution < -0.4 is 4.90 Å². The van der Waals surface area contributed by atoms with Gasteiger partial charge in [0.1, 0.15) is 4.21 Å². The van der Waals surface area contributed by atoms with Gasteiger partial charge in [-0.25, -0.2) is 8.42 Å². The van der Waals surface area contributed by atoms with Crippen LogP contribution in [0.5, 0.6) is 0 Å². The van der Waals surface area contributed by atoms with E-state index in [0.717, 1.165) is 24.9 Å². The van der Waals surface area contributed by atoms with Crippen molar-refractivity contribution >= 4 is 33.0 Å². The molecule has 0 bridgehead atoms. The molecule has 0 aliphatic carbocycles. The van der Waals surface area contributed by atoms with Crippen LogP contribution in [-0.2, 0) is 21.2 Å². The Morgan fingerprint density at radius 1 is 1.12 bits per heavy atom. The summed E-state index contributed by atoms with van der Waals surface area (Å²) in [7, 11) is -3.49. The van der Waals surface area contributed by atoms with E-state index in [-0.39, 0.29) is 18.4 Å². The van der Waals surface area contributed by atoms with E-state index in [1.54, 1.807) is 17.5 Å². The van der Waals surface area contributed by atoms with Crippen molar-refractivity contribution in [3.05, 3.63) is 47.3 Å². The number of carbonyl (C=O) groups is 1. The molecule has 1 aromatic heterocycles. The molecule has 1 fully saturated rings. The Balaban J connectivity index is 1.53. The standard InChI is InChI=1S/C18H20N2O3S2/c21-18(20-11-9-14-5-1-2-7-16(14)20)15-6-3-10-19(13-15)25(22,23)17-8-4-12-24-17/h1-2,4-5,7-8,12,15H,3,6,9-11,13H2/t15-/m0/s1. The normalized spacial score (nSPS) is 21.3. The van der Waals surface area contributed by atoms with Crippen LogP contribution in [0.2, 0.25) is 0 Å². The molecule has 0 spiro atoms. The summed E-state index contributed by atoms with van der Waals surface area (Å²) in [4.78, 5) is 14.9. The van der Waals surface area contributed by atoms with Gasteiger partial charge < -0.3 is 4.90 Å². The molecule has 2 aliphatic rings. The fraction of sp³-hybridized carbons (Fsp3) is 0.389. The van der Waals surface area contributed by atoms with Crippen molar-refractivity contribution in [2.45, 2.75) is 23.5 Å². The van der Waals surface area contributed by atoms with Crippen molar-refractivity contribution in [1.82, 2.24) is 4.31 Å². The molecule has 2 aromatic rings. The lowest BCUT2D eigenvalue weighted by atomic mass is 9.98. The molecule has 0 unspecified atom stereocenters. The van der Waals surface area contributed by atoms with Gasteiger partial charge in [-0.1, -0.05) is 24.3 Å². The molecule has 1 saturated heterocycles. The van der Waals surface area contributed by atoms with Crippen LogP contribution in [0.4, 0.5) is 5.69 Å². The van der Waals surface area contributed by atoms with E-state index in [4.69, 9.17) is 0 Å². The molecule has 5 nitrogen and oxygen atoms in total. The maximum atomic E-state index is 13.0. The van der Waals surface area contributed by atoms with E-state index in [2.05, 4.69) is 6.07 Å². The number of carbonyl (C=O) groups excluding carboxylic acids is 1. The number of para-hydroxylation sites is 1. The van der Waals surface area contributed by atoms with Crippen LogP contribution in [0.15, 0.2) is 46.0 Å². The molecule has 7 heteroatoms. The van der Waals surface area contributed by atoms with Crippen LogP contribution in [0.25, 0.3) is 0 Å². The zero-order valence-corrected chi connectivity index (χ0v) is 15.4. The van der Waals surface area contributed by atoms with Gasteiger partial charge in [-0.2, -0.15) is 4.31 Å². The Labute approximate surface area is 151 Å². The number of fused-ring (bicyclic) bond motifs is 1. The first-order valence-electron chi connectivity index (χ1n) is 8.50. The van der Waals surface area contributed by atoms with Gasteiger partial charge in [0.25, 0.3) is 10.0 Å². The monoisotopic (exact) mass is 376 g/mol. The van der Waals surface area contributed by atoms with Crippen molar-refractivity contribution in [2.24, 2.45) is 5.92 Å². The topological polar surface area (TPSA) is 57.7 Å². The minimum atomic E-state index is -3.49. The number of anilines is 1. The van der Waals surface area contributed by atoms with E-state index in [1.165, 1.54) is 21.2 Å². The molecule has 25 heavy (non-hydrogen) atoms. The van der Waals surface area contributed by atoms with Crippen molar-refractivity contribution in [3.8, 4) is 0 Å². The summed E-state index contributed by atoms with van der Waals surface area (Å²) in [5.74, 6) is -0.217. The fourth-order valence-corrected chi connectivity index (χ4v) is 6.36. The third-order valence-corrected chi connectivity index (χ3v) is 8.21. The number of benzene rings is 1. The number of rotatable bonds is 3. The predicted octanol–water partition coefficient (Wildman–Crippen LogP) is 2.74. The van der Waals surface area contributed by atoms with Crippen molar-refractivity contribution in [1.29, 1.82) is 0 Å². The SMILES string of the molecule is O=C([C@H]1CCCN(S(=O)(=O)c2cccs2)C1)N1CCc2ccccc21. The Kier molecular flexibility index (Phi) is 4.39. The van der Waals surface area contributed by atoms with Crippen LogP contribution in [0.1, 0.15) is 18.4 Å². The molecule has 1 amide bonds. The van der Waals surface area contributed by atoms with Gasteiger partial charge in [0, 0.05) is 25.3 Å². The molecule has 0 radical (unpaired) electrons. The first kappa shape index (κ1) is 16.8. The maximum Gasteiger partial charge on any atom is 0.252 e. The second kappa shape index (κ2) is 6.55. The molecule has 3 heterocycles. The van der Waals surface area contributed by atoms with Crippen LogP contribution in [-0.4, -0.2) is 38.3 Å². The molecule has 4 rings (SSSR count). The van der Waals surface area contributed by atoms with Gasteiger partial charge in [0.2, 0.25) is 5.91 Å². The predicted molar refractivity (Wildman–Crippen MR) is 98.3 cm³/mol. The van der Waals surface area contributed by atoms with Crippen LogP contribution >= 0.6 is 11.3 Å². The Bertz CT molecular complexity index is 877. The molecule has 0 saturated carbocycles. The minimum absolute atomic E-state index is 0.0519. The number of piperidine rings is 1. The highest BCUT2D eigenvalue weighted by molar-refractivity contribution is 7.91. The summed E-state index contributed by atoms with van der Waals surface area (Å²) in [5.41, 5.74) is 2.17. The summed E-state index contributed by atoms with van der Waals surface area (Å²) >= 11 is 1.22. The second-order valence-corrected chi connectivity index (χ2v) is 9.62. The third-order valence-electron chi connectivity index (χ3n) is 4.98. The van der Waals surface area contributed by atoms with Gasteiger partial charge in [0.15, 0.2) is 0 Å². The highest BCUT2D eigenvalue weighted by Crippen LogP contribution is 2.32. The molecule has 1 atom stereocenters. The van der Waals surface area contributed by atoms with Gasteiger partial charge in [0.05, 0.1) is 5.92 Å². The average Bonchev–Trinajstić information content (AvgIpc) is 3.31. The lowest BCUT2D eigenvalue weighted by Gasteiger charge is -2.33. The van der Waals surface area contributed by atoms with Gasteiger partial charge in [-0.15, -0.1) is 11.3 Å². The average molecular weight is 377 g/mol. The first-order chi connectivity index (χ1) is 12.1. The number of sulfonamides is 1. The van der Waals surface area contributed by atoms with Gasteiger partial charge >= 0.3 is 0 Å². The maximum absolute atomic E-state index is 13.0. The van der Waals surface area contributed by atoms with Gasteiger partial charge in [-0.05, 0) is 42.3 Å². The molecular formula is C18H20N2O3S2. The lowest BCUT2D eigenvalue weighted by molar-refractivity contribution is -0.123. The number of nitrogens with zero attached hydrogens (tertiary/aromatic N) is 2. The quantitative estimate of drug-likeness (QED) is 0.828. The zero-order chi connectivity index (χ0) is 17.4.